The van der Waals surface area contributed by atoms with Crippen molar-refractivity contribution in [1.82, 2.24) is 9.80 Å². The van der Waals surface area contributed by atoms with Gasteiger partial charge in [0.25, 0.3) is 0 Å². The van der Waals surface area contributed by atoms with Crippen molar-refractivity contribution in [3.8, 4) is 5.75 Å². The zero-order chi connectivity index (χ0) is 23.6. The highest BCUT2D eigenvalue weighted by Gasteiger charge is 2.45. The third kappa shape index (κ3) is 5.11. The van der Waals surface area contributed by atoms with Crippen LogP contribution < -0.4 is 4.74 Å². The fraction of sp³-hybridized carbons (Fsp3) is 0.522. The number of alkyl halides is 3. The van der Waals surface area contributed by atoms with Gasteiger partial charge in [0, 0.05) is 32.7 Å². The summed E-state index contributed by atoms with van der Waals surface area (Å²) in [7, 11) is 3.14. The Morgan fingerprint density at radius 1 is 1.15 bits per heavy atom. The van der Waals surface area contributed by atoms with E-state index in [4.69, 9.17) is 14.2 Å². The van der Waals surface area contributed by atoms with E-state index in [-0.39, 0.29) is 17.7 Å². The van der Waals surface area contributed by atoms with Gasteiger partial charge in [-0.1, -0.05) is 17.7 Å². The van der Waals surface area contributed by atoms with Crippen molar-refractivity contribution in [1.29, 1.82) is 0 Å². The van der Waals surface area contributed by atoms with Crippen LogP contribution in [0.25, 0.3) is 0 Å². The Morgan fingerprint density at radius 2 is 1.91 bits per heavy atom. The van der Waals surface area contributed by atoms with Gasteiger partial charge in [-0.05, 0) is 36.3 Å². The summed E-state index contributed by atoms with van der Waals surface area (Å²) in [4.78, 5) is 17.0. The molecule has 2 heterocycles. The van der Waals surface area contributed by atoms with E-state index in [1.807, 2.05) is 12.2 Å². The third-order valence-electron chi connectivity index (χ3n) is 6.22. The Balaban J connectivity index is 1.74. The minimum absolute atomic E-state index is 0.166. The standard InChI is InChI=1S/C23H27F3N2O5/c1-30-18-12-15-6-7-28(22(29)27-8-10-32-11-9-27)21(20(15)19(14-18)31-2)16-4-3-5-17(13-16)33-23(24,25)26/h3-5,12-14,19-21H,6-11H2,1-2H3. The quantitative estimate of drug-likeness (QED) is 0.671. The Labute approximate surface area is 190 Å². The molecule has 3 aliphatic rings. The molecular weight excluding hydrogens is 441 g/mol. The number of morpholine rings is 1. The number of nitrogens with zero attached hydrogens (tertiary/aromatic N) is 2. The maximum absolute atomic E-state index is 13.5. The van der Waals surface area contributed by atoms with E-state index >= 15 is 0 Å². The van der Waals surface area contributed by atoms with Crippen LogP contribution in [0.2, 0.25) is 0 Å². The van der Waals surface area contributed by atoms with Crippen molar-refractivity contribution >= 4 is 6.03 Å². The second-order valence-corrected chi connectivity index (χ2v) is 8.11. The number of urea groups is 1. The smallest absolute Gasteiger partial charge is 0.497 e. The molecule has 2 saturated heterocycles. The number of halogens is 3. The molecule has 0 spiro atoms. The van der Waals surface area contributed by atoms with Crippen molar-refractivity contribution in [3.05, 3.63) is 53.3 Å². The highest BCUT2D eigenvalue weighted by Crippen LogP contribution is 2.46. The first-order valence-corrected chi connectivity index (χ1v) is 10.8. The van der Waals surface area contributed by atoms with Crippen LogP contribution >= 0.6 is 0 Å². The second kappa shape index (κ2) is 9.64. The summed E-state index contributed by atoms with van der Waals surface area (Å²) in [5, 5.41) is 0. The van der Waals surface area contributed by atoms with Gasteiger partial charge in [0.15, 0.2) is 0 Å². The summed E-state index contributed by atoms with van der Waals surface area (Å²) in [6.07, 6.45) is -0.858. The van der Waals surface area contributed by atoms with Gasteiger partial charge in [-0.2, -0.15) is 0 Å². The number of methoxy groups -OCH3 is 2. The molecule has 0 N–H and O–H groups in total. The molecule has 0 saturated carbocycles. The molecule has 1 aromatic rings. The van der Waals surface area contributed by atoms with Gasteiger partial charge in [-0.3, -0.25) is 0 Å². The van der Waals surface area contributed by atoms with Crippen LogP contribution in [0.1, 0.15) is 18.0 Å². The molecule has 2 fully saturated rings. The first-order chi connectivity index (χ1) is 15.8. The molecule has 1 aliphatic carbocycles. The van der Waals surface area contributed by atoms with Gasteiger partial charge in [0.1, 0.15) is 11.5 Å². The van der Waals surface area contributed by atoms with Crippen molar-refractivity contribution in [2.75, 3.05) is 47.1 Å². The van der Waals surface area contributed by atoms with E-state index < -0.39 is 18.5 Å². The van der Waals surface area contributed by atoms with Crippen LogP contribution in [-0.2, 0) is 14.2 Å². The molecule has 10 heteroatoms. The Kier molecular flexibility index (Phi) is 6.85. The molecule has 0 radical (unpaired) electrons. The van der Waals surface area contributed by atoms with E-state index in [1.165, 1.54) is 18.2 Å². The first-order valence-electron chi connectivity index (χ1n) is 10.8. The van der Waals surface area contributed by atoms with Crippen LogP contribution in [0, 0.1) is 5.92 Å². The first kappa shape index (κ1) is 23.4. The average Bonchev–Trinajstić information content (AvgIpc) is 2.81. The molecule has 4 rings (SSSR count). The van der Waals surface area contributed by atoms with Gasteiger partial charge < -0.3 is 28.7 Å². The van der Waals surface area contributed by atoms with E-state index in [2.05, 4.69) is 4.74 Å². The average molecular weight is 468 g/mol. The van der Waals surface area contributed by atoms with Crippen LogP contribution in [0.5, 0.6) is 5.75 Å². The van der Waals surface area contributed by atoms with Crippen LogP contribution in [0.4, 0.5) is 18.0 Å². The molecule has 180 valence electrons. The normalized spacial score (nSPS) is 25.7. The Morgan fingerprint density at radius 3 is 2.58 bits per heavy atom. The molecule has 1 aromatic carbocycles. The lowest BCUT2D eigenvalue weighted by molar-refractivity contribution is -0.274. The number of hydrogen-bond acceptors (Lipinski definition) is 5. The van der Waals surface area contributed by atoms with Gasteiger partial charge >= 0.3 is 12.4 Å². The summed E-state index contributed by atoms with van der Waals surface area (Å²) in [6, 6.07) is 5.12. The number of benzene rings is 1. The molecule has 2 aliphatic heterocycles. The molecule has 7 nitrogen and oxygen atoms in total. The molecular formula is C23H27F3N2O5. The van der Waals surface area contributed by atoms with Crippen LogP contribution in [0.15, 0.2) is 47.7 Å². The van der Waals surface area contributed by atoms with Gasteiger partial charge in [0.05, 0.1) is 32.5 Å². The van der Waals surface area contributed by atoms with Gasteiger partial charge in [-0.25, -0.2) is 4.79 Å². The van der Waals surface area contributed by atoms with Crippen molar-refractivity contribution in [2.24, 2.45) is 5.92 Å². The zero-order valence-electron chi connectivity index (χ0n) is 18.5. The summed E-state index contributed by atoms with van der Waals surface area (Å²) in [5.41, 5.74) is 1.57. The zero-order valence-corrected chi connectivity index (χ0v) is 18.5. The minimum Gasteiger partial charge on any atom is -0.497 e. The fourth-order valence-electron chi connectivity index (χ4n) is 4.78. The minimum atomic E-state index is -4.81. The van der Waals surface area contributed by atoms with E-state index in [0.717, 1.165) is 5.57 Å². The monoisotopic (exact) mass is 468 g/mol. The van der Waals surface area contributed by atoms with Crippen molar-refractivity contribution in [3.63, 3.8) is 0 Å². The number of likely N-dealkylation sites (tertiary alicyclic amines) is 1. The molecule has 3 atom stereocenters. The summed E-state index contributed by atoms with van der Waals surface area (Å²) in [5.74, 6) is 0.0514. The molecule has 33 heavy (non-hydrogen) atoms. The topological polar surface area (TPSA) is 60.5 Å². The highest BCUT2D eigenvalue weighted by atomic mass is 19.4. The predicted molar refractivity (Wildman–Crippen MR) is 112 cm³/mol. The lowest BCUT2D eigenvalue weighted by Crippen LogP contribution is -2.54. The number of ether oxygens (including phenoxy) is 4. The second-order valence-electron chi connectivity index (χ2n) is 8.11. The molecule has 2 amide bonds. The molecule has 0 aromatic heterocycles. The lowest BCUT2D eigenvalue weighted by atomic mass is 9.75. The van der Waals surface area contributed by atoms with Crippen molar-refractivity contribution in [2.45, 2.75) is 24.9 Å². The number of piperidine rings is 1. The summed E-state index contributed by atoms with van der Waals surface area (Å²) < 4.78 is 59.3. The number of amides is 2. The van der Waals surface area contributed by atoms with Crippen molar-refractivity contribution < 1.29 is 36.9 Å². The van der Waals surface area contributed by atoms with E-state index in [0.29, 0.717) is 50.6 Å². The summed E-state index contributed by atoms with van der Waals surface area (Å²) >= 11 is 0. The van der Waals surface area contributed by atoms with Gasteiger partial charge in [0.2, 0.25) is 0 Å². The lowest BCUT2D eigenvalue weighted by Gasteiger charge is -2.48. The number of rotatable bonds is 4. The summed E-state index contributed by atoms with van der Waals surface area (Å²) in [6.45, 7) is 2.26. The number of allylic oxidation sites excluding steroid dienone is 1. The highest BCUT2D eigenvalue weighted by molar-refractivity contribution is 5.76. The number of fused-ring (bicyclic) bond motifs is 1. The third-order valence-corrected chi connectivity index (χ3v) is 6.22. The number of carbonyl (C=O) groups is 1. The predicted octanol–water partition coefficient (Wildman–Crippen LogP) is 3.89. The Hall–Kier alpha value is -2.72. The van der Waals surface area contributed by atoms with Crippen LogP contribution in [0.3, 0.4) is 0 Å². The van der Waals surface area contributed by atoms with E-state index in [1.54, 1.807) is 30.1 Å². The number of carbonyl (C=O) groups excluding carboxylic acids is 1. The largest absolute Gasteiger partial charge is 0.573 e. The Bertz CT molecular complexity index is 927. The molecule has 0 bridgehead atoms. The number of hydrogen-bond donors (Lipinski definition) is 0. The SMILES string of the molecule is COC1=CC(OC)C2C(=C1)CCN(C(=O)N1CCOCC1)C2c1cccc(OC(F)(F)F)c1. The van der Waals surface area contributed by atoms with Gasteiger partial charge in [-0.15, -0.1) is 13.2 Å². The van der Waals surface area contributed by atoms with Crippen LogP contribution in [-0.4, -0.2) is 75.4 Å². The maximum atomic E-state index is 13.5. The maximum Gasteiger partial charge on any atom is 0.573 e. The fourth-order valence-corrected chi connectivity index (χ4v) is 4.78. The molecule has 3 unspecified atom stereocenters. The van der Waals surface area contributed by atoms with E-state index in [9.17, 15) is 18.0 Å².